The third-order valence-corrected chi connectivity index (χ3v) is 2.71. The normalized spacial score (nSPS) is 17.4. The molecule has 0 amide bonds. The van der Waals surface area contributed by atoms with Crippen LogP contribution in [0.3, 0.4) is 0 Å². The van der Waals surface area contributed by atoms with Gasteiger partial charge in [0.05, 0.1) is 7.11 Å². The van der Waals surface area contributed by atoms with Crippen LogP contribution in [0.1, 0.15) is 19.3 Å². The monoisotopic (exact) mass is 262 g/mol. The minimum atomic E-state index is -0.606. The molecule has 2 rings (SSSR count). The van der Waals surface area contributed by atoms with Crippen molar-refractivity contribution >= 4 is 11.8 Å². The van der Waals surface area contributed by atoms with E-state index in [1.54, 1.807) is 0 Å². The van der Waals surface area contributed by atoms with E-state index < -0.39 is 11.8 Å². The van der Waals surface area contributed by atoms with Crippen LogP contribution in [0, 0.1) is 0 Å². The van der Waals surface area contributed by atoms with Crippen molar-refractivity contribution in [2.75, 3.05) is 7.11 Å². The number of hydrogen-bond acceptors (Lipinski definition) is 5. The molecule has 0 aromatic carbocycles. The van der Waals surface area contributed by atoms with Gasteiger partial charge in [0.25, 0.3) is 0 Å². The van der Waals surface area contributed by atoms with Gasteiger partial charge in [-0.3, -0.25) is 9.59 Å². The van der Waals surface area contributed by atoms with Gasteiger partial charge in [-0.1, -0.05) is 18.2 Å². The molecule has 0 saturated heterocycles. The Bertz CT molecular complexity index is 508. The lowest BCUT2D eigenvalue weighted by Gasteiger charge is -2.18. The maximum absolute atomic E-state index is 11.8. The first kappa shape index (κ1) is 13.1. The minimum absolute atomic E-state index is 0.0124. The van der Waals surface area contributed by atoms with Crippen LogP contribution in [0.5, 0.6) is 0 Å². The molecular weight excluding hydrogens is 248 g/mol. The second-order valence-corrected chi connectivity index (χ2v) is 4.04. The summed E-state index contributed by atoms with van der Waals surface area (Å²) < 4.78 is 15.0. The average molecular weight is 262 g/mol. The fourth-order valence-corrected chi connectivity index (χ4v) is 1.69. The smallest absolute Gasteiger partial charge is 0.313 e. The lowest BCUT2D eigenvalue weighted by molar-refractivity contribution is -0.143. The predicted octanol–water partition coefficient (Wildman–Crippen LogP) is 2.12. The van der Waals surface area contributed by atoms with Crippen molar-refractivity contribution in [1.29, 1.82) is 0 Å². The number of ether oxygens (including phenoxy) is 3. The first-order valence-electron chi connectivity index (χ1n) is 5.90. The fourth-order valence-electron chi connectivity index (χ4n) is 1.69. The highest BCUT2D eigenvalue weighted by Gasteiger charge is 2.22. The Balaban J connectivity index is 2.01. The van der Waals surface area contributed by atoms with Crippen LogP contribution in [-0.2, 0) is 23.8 Å². The van der Waals surface area contributed by atoms with Gasteiger partial charge in [-0.15, -0.1) is 0 Å². The minimum Gasteiger partial charge on any atom is -0.469 e. The molecule has 2 aliphatic rings. The summed E-state index contributed by atoms with van der Waals surface area (Å²) in [6.45, 7) is 0. The number of hydrogen-bond donors (Lipinski definition) is 0. The van der Waals surface area contributed by atoms with Gasteiger partial charge in [-0.05, 0) is 18.4 Å². The molecule has 19 heavy (non-hydrogen) atoms. The molecule has 5 nitrogen and oxygen atoms in total. The van der Waals surface area contributed by atoms with Crippen molar-refractivity contribution in [3.63, 3.8) is 0 Å². The molecule has 0 aromatic rings. The van der Waals surface area contributed by atoms with E-state index in [1.807, 2.05) is 18.2 Å². The van der Waals surface area contributed by atoms with Gasteiger partial charge in [-0.2, -0.15) is 0 Å². The van der Waals surface area contributed by atoms with E-state index in [9.17, 15) is 9.59 Å². The van der Waals surface area contributed by atoms with E-state index >= 15 is 0 Å². The van der Waals surface area contributed by atoms with Crippen LogP contribution in [0.2, 0.25) is 0 Å². The highest BCUT2D eigenvalue weighted by atomic mass is 16.5. The Morgan fingerprint density at radius 2 is 2.21 bits per heavy atom. The molecule has 1 heterocycles. The zero-order chi connectivity index (χ0) is 13.7. The molecule has 0 radical (unpaired) electrons. The van der Waals surface area contributed by atoms with Gasteiger partial charge < -0.3 is 14.2 Å². The van der Waals surface area contributed by atoms with Crippen molar-refractivity contribution in [1.82, 2.24) is 0 Å². The van der Waals surface area contributed by atoms with Crippen molar-refractivity contribution < 1.29 is 23.8 Å². The van der Waals surface area contributed by atoms with Crippen LogP contribution < -0.4 is 0 Å². The van der Waals surface area contributed by atoms with Crippen LogP contribution in [0.4, 0.5) is 0 Å². The van der Waals surface area contributed by atoms with Crippen molar-refractivity contribution in [2.45, 2.75) is 19.3 Å². The average Bonchev–Trinajstić information content (AvgIpc) is 2.48. The van der Waals surface area contributed by atoms with Gasteiger partial charge in [0.1, 0.15) is 18.9 Å². The van der Waals surface area contributed by atoms with E-state index in [4.69, 9.17) is 9.47 Å². The topological polar surface area (TPSA) is 61.8 Å². The molecule has 1 aliphatic carbocycles. The molecule has 0 N–H and O–H groups in total. The Labute approximate surface area is 110 Å². The number of Topliss-reactive ketones (excluding diaryl/α,β-unsaturated/α-hetero) is 1. The Morgan fingerprint density at radius 3 is 2.89 bits per heavy atom. The predicted molar refractivity (Wildman–Crippen MR) is 66.4 cm³/mol. The summed E-state index contributed by atoms with van der Waals surface area (Å²) >= 11 is 0. The summed E-state index contributed by atoms with van der Waals surface area (Å²) in [5, 5.41) is 0. The Morgan fingerprint density at radius 1 is 1.37 bits per heavy atom. The van der Waals surface area contributed by atoms with Crippen molar-refractivity contribution in [3.8, 4) is 0 Å². The number of rotatable bonds is 4. The summed E-state index contributed by atoms with van der Waals surface area (Å²) in [4.78, 5) is 22.8. The third kappa shape index (κ3) is 3.34. The first-order valence-corrected chi connectivity index (χ1v) is 5.90. The standard InChI is InChI=1S/C14H14O5/c1-17-14(16)7-11(15)13-9-18-8-12(19-13)10-5-3-2-4-6-10/h2-3,5,8-9H,4,6-7H2,1H3. The van der Waals surface area contributed by atoms with E-state index in [2.05, 4.69) is 4.74 Å². The lowest BCUT2D eigenvalue weighted by Crippen LogP contribution is -2.15. The maximum atomic E-state index is 11.8. The molecule has 100 valence electrons. The van der Waals surface area contributed by atoms with Gasteiger partial charge in [0.15, 0.2) is 5.76 Å². The number of allylic oxidation sites excluding steroid dienone is 5. The first-order chi connectivity index (χ1) is 9.20. The van der Waals surface area contributed by atoms with Crippen molar-refractivity contribution in [2.24, 2.45) is 0 Å². The summed E-state index contributed by atoms with van der Waals surface area (Å²) in [5.41, 5.74) is 0.957. The summed E-state index contributed by atoms with van der Waals surface area (Å²) in [6.07, 6.45) is 9.90. The highest BCUT2D eigenvalue weighted by Crippen LogP contribution is 2.26. The summed E-state index contributed by atoms with van der Waals surface area (Å²) in [6, 6.07) is 0. The SMILES string of the molecule is COC(=O)CC(=O)C1=COC=C(C2=CC=CCC2)O1. The Kier molecular flexibility index (Phi) is 4.18. The molecule has 1 aliphatic heterocycles. The van der Waals surface area contributed by atoms with Crippen molar-refractivity contribution in [3.05, 3.63) is 47.8 Å². The fraction of sp³-hybridized carbons (Fsp3) is 0.286. The van der Waals surface area contributed by atoms with E-state index in [1.165, 1.54) is 19.6 Å². The molecule has 0 atom stereocenters. The zero-order valence-corrected chi connectivity index (χ0v) is 10.5. The van der Waals surface area contributed by atoms with Gasteiger partial charge in [0, 0.05) is 0 Å². The van der Waals surface area contributed by atoms with Crippen LogP contribution >= 0.6 is 0 Å². The number of carbonyl (C=O) groups is 2. The highest BCUT2D eigenvalue weighted by molar-refractivity contribution is 6.04. The summed E-state index contributed by atoms with van der Waals surface area (Å²) in [5.74, 6) is -0.562. The van der Waals surface area contributed by atoms with E-state index in [0.29, 0.717) is 5.76 Å². The Hall–Kier alpha value is -2.30. The summed E-state index contributed by atoms with van der Waals surface area (Å²) in [7, 11) is 1.23. The van der Waals surface area contributed by atoms with Gasteiger partial charge in [0.2, 0.25) is 11.5 Å². The zero-order valence-electron chi connectivity index (χ0n) is 10.5. The molecule has 0 aromatic heterocycles. The molecule has 0 fully saturated rings. The van der Waals surface area contributed by atoms with Crippen LogP contribution in [-0.4, -0.2) is 18.9 Å². The van der Waals surface area contributed by atoms with Gasteiger partial charge in [-0.25, -0.2) is 0 Å². The quantitative estimate of drug-likeness (QED) is 0.573. The number of carbonyl (C=O) groups excluding carboxylic acids is 2. The maximum Gasteiger partial charge on any atom is 0.313 e. The van der Waals surface area contributed by atoms with E-state index in [0.717, 1.165) is 18.4 Å². The van der Waals surface area contributed by atoms with Crippen LogP contribution in [0.15, 0.2) is 47.8 Å². The van der Waals surface area contributed by atoms with Gasteiger partial charge >= 0.3 is 5.97 Å². The van der Waals surface area contributed by atoms with Crippen LogP contribution in [0.25, 0.3) is 0 Å². The number of ketones is 1. The number of esters is 1. The molecule has 0 unspecified atom stereocenters. The largest absolute Gasteiger partial charge is 0.469 e. The molecule has 0 spiro atoms. The third-order valence-electron chi connectivity index (χ3n) is 2.71. The lowest BCUT2D eigenvalue weighted by atomic mass is 10.0. The number of methoxy groups -OCH3 is 1. The second kappa shape index (κ2) is 6.04. The molecule has 0 saturated carbocycles. The molecule has 0 bridgehead atoms. The van der Waals surface area contributed by atoms with E-state index in [-0.39, 0.29) is 12.2 Å². The molecule has 5 heteroatoms. The molecular formula is C14H14O5. The second-order valence-electron chi connectivity index (χ2n) is 4.04.